The fourth-order valence-corrected chi connectivity index (χ4v) is 5.20. The molecule has 6 rings (SSSR count). The summed E-state index contributed by atoms with van der Waals surface area (Å²) in [5.41, 5.74) is 5.84. The Morgan fingerprint density at radius 3 is 1.65 bits per heavy atom. The van der Waals surface area contributed by atoms with Crippen LogP contribution in [0.3, 0.4) is 0 Å². The topological polar surface area (TPSA) is 145 Å². The van der Waals surface area contributed by atoms with Crippen molar-refractivity contribution < 1.29 is 29.1 Å². The molecule has 0 aliphatic carbocycles. The van der Waals surface area contributed by atoms with Gasteiger partial charge in [-0.2, -0.15) is 0 Å². The smallest absolute Gasteiger partial charge is 0.228 e. The Kier molecular flexibility index (Phi) is 14.1. The second-order valence-corrected chi connectivity index (χ2v) is 11.1. The zero-order chi connectivity index (χ0) is 29.8. The van der Waals surface area contributed by atoms with Crippen molar-refractivity contribution in [3.8, 4) is 0 Å². The highest BCUT2D eigenvalue weighted by molar-refractivity contribution is 14.1. The van der Waals surface area contributed by atoms with Crippen LogP contribution in [-0.2, 0) is 44.4 Å². The van der Waals surface area contributed by atoms with Crippen molar-refractivity contribution in [2.45, 2.75) is 33.9 Å². The zero-order valence-electron chi connectivity index (χ0n) is 22.0. The first-order chi connectivity index (χ1) is 19.2. The number of anilines is 3. The van der Waals surface area contributed by atoms with Crippen molar-refractivity contribution >= 4 is 92.6 Å². The molecule has 0 bridgehead atoms. The summed E-state index contributed by atoms with van der Waals surface area (Å²) >= 11 is 8.02. The molecule has 3 heterocycles. The number of rotatable bonds is 2. The lowest BCUT2D eigenvalue weighted by atomic mass is 10.2. The molecule has 13 heteroatoms. The predicted octanol–water partition coefficient (Wildman–Crippen LogP) is 5.36. The van der Waals surface area contributed by atoms with Crippen LogP contribution in [0.2, 0.25) is 0 Å². The summed E-state index contributed by atoms with van der Waals surface area (Å²) in [6, 6.07) is 17.1. The minimum absolute atomic E-state index is 0.00837. The number of amides is 3. The Balaban J connectivity index is 0.000000198. The van der Waals surface area contributed by atoms with Crippen LogP contribution in [0.25, 0.3) is 0 Å². The first-order valence-corrected chi connectivity index (χ1v) is 17.0. The zero-order valence-corrected chi connectivity index (χ0v) is 26.7. The van der Waals surface area contributed by atoms with Gasteiger partial charge in [0.15, 0.2) is 0 Å². The van der Waals surface area contributed by atoms with Gasteiger partial charge in [-0.3, -0.25) is 29.1 Å². The van der Waals surface area contributed by atoms with Gasteiger partial charge in [0.1, 0.15) is 0 Å². The van der Waals surface area contributed by atoms with Crippen LogP contribution in [0.1, 0.15) is 16.7 Å². The van der Waals surface area contributed by atoms with Gasteiger partial charge < -0.3 is 16.0 Å². The minimum Gasteiger partial charge on any atom is -0.326 e. The van der Waals surface area contributed by atoms with Crippen molar-refractivity contribution in [2.75, 3.05) is 33.4 Å². The Bertz CT molecular complexity index is 1400. The lowest BCUT2D eigenvalue weighted by Crippen LogP contribution is -2.03. The minimum atomic E-state index is -0.972. The molecule has 3 aromatic rings. The molecule has 3 aromatic carbocycles. The molecule has 1 atom stereocenters. The average molecular weight is 716 g/mol. The molecule has 5 N–H and O–H groups in total. The maximum absolute atomic E-state index is 11.1. The molecule has 3 aliphatic heterocycles. The van der Waals surface area contributed by atoms with E-state index in [2.05, 4.69) is 57.2 Å². The molecule has 0 radical (unpaired) electrons. The molecule has 0 saturated carbocycles. The quantitative estimate of drug-likeness (QED) is 0.0524. The summed E-state index contributed by atoms with van der Waals surface area (Å²) in [6.07, 6.45) is 5.09. The molecular weight excluding hydrogens is 685 g/mol. The molecule has 214 valence electrons. The van der Waals surface area contributed by atoms with E-state index in [0.29, 0.717) is 19.3 Å². The lowest BCUT2D eigenvalue weighted by Gasteiger charge is -2.00. The molecule has 0 aromatic heterocycles. The lowest BCUT2D eigenvalue weighted by molar-refractivity contribution is -0.176. The number of thioether (sulfide) groups is 1. The van der Waals surface area contributed by atoms with Crippen LogP contribution in [-0.4, -0.2) is 49.9 Å². The third-order valence-electron chi connectivity index (χ3n) is 5.69. The average Bonchev–Trinajstić information content (AvgIpc) is 3.63. The first-order valence-electron chi connectivity index (χ1n) is 11.6. The highest BCUT2D eigenvalue weighted by Crippen LogP contribution is 2.28. The SMILES string of the molecule is CI.CS(=O)c1ccc2c(c1)CC(=O)N2.CSc1ccc2c(c1)CC(=O)N2.O=C1Cc2cc(S)ccc2N1.OO. The number of thiol groups is 1. The molecule has 0 spiro atoms. The van der Waals surface area contributed by atoms with E-state index in [-0.39, 0.29) is 17.7 Å². The van der Waals surface area contributed by atoms with Gasteiger partial charge in [-0.05, 0) is 82.5 Å². The Morgan fingerprint density at radius 2 is 1.18 bits per heavy atom. The van der Waals surface area contributed by atoms with E-state index in [1.807, 2.05) is 47.6 Å². The van der Waals surface area contributed by atoms with Gasteiger partial charge in [0.2, 0.25) is 17.7 Å². The van der Waals surface area contributed by atoms with Gasteiger partial charge in [-0.1, -0.05) is 22.6 Å². The van der Waals surface area contributed by atoms with E-state index in [1.54, 1.807) is 30.2 Å². The number of hydrogen-bond acceptors (Lipinski definition) is 8. The van der Waals surface area contributed by atoms with Gasteiger partial charge in [0.25, 0.3) is 0 Å². The maximum atomic E-state index is 11.1. The number of hydrogen-bond donors (Lipinski definition) is 6. The summed E-state index contributed by atoms with van der Waals surface area (Å²) < 4.78 is 11.1. The van der Waals surface area contributed by atoms with Crippen molar-refractivity contribution in [3.63, 3.8) is 0 Å². The monoisotopic (exact) mass is 715 g/mol. The standard InChI is InChI=1S/C9H9NO2S.C9H9NOS.C8H7NOS.CH3I.H2O2/c1-13(12)7-2-3-8-6(4-7)5-9(11)10-8;1-12-7-2-3-8-6(4-7)5-9(11)10-8;10-8-4-5-3-6(11)1-2-7(5)9-8;2*1-2/h2-4H,5H2,1H3,(H,10,11);2-4H,5H2,1H3,(H,10,11);1-3,11H,4H2,(H,9,10);1H3;1-2H. The molecule has 0 fully saturated rings. The third kappa shape index (κ3) is 9.59. The van der Waals surface area contributed by atoms with E-state index in [9.17, 15) is 18.6 Å². The van der Waals surface area contributed by atoms with Gasteiger partial charge >= 0.3 is 0 Å². The van der Waals surface area contributed by atoms with Crippen molar-refractivity contribution in [2.24, 2.45) is 0 Å². The van der Waals surface area contributed by atoms with Gasteiger partial charge in [-0.25, -0.2) is 0 Å². The van der Waals surface area contributed by atoms with Crippen molar-refractivity contribution in [3.05, 3.63) is 71.3 Å². The van der Waals surface area contributed by atoms with Crippen molar-refractivity contribution in [1.29, 1.82) is 0 Å². The van der Waals surface area contributed by atoms with E-state index >= 15 is 0 Å². The first kappa shape index (κ1) is 33.8. The summed E-state index contributed by atoms with van der Waals surface area (Å²) in [7, 11) is -0.972. The normalized spacial score (nSPS) is 13.9. The Morgan fingerprint density at radius 1 is 0.750 bits per heavy atom. The molecule has 40 heavy (non-hydrogen) atoms. The number of carbonyl (C=O) groups excluding carboxylic acids is 3. The number of benzene rings is 3. The highest BCUT2D eigenvalue weighted by Gasteiger charge is 2.18. The van der Waals surface area contributed by atoms with Crippen LogP contribution in [0, 0.1) is 0 Å². The van der Waals surface area contributed by atoms with Crippen molar-refractivity contribution in [1.82, 2.24) is 0 Å². The molecule has 9 nitrogen and oxygen atoms in total. The van der Waals surface area contributed by atoms with Gasteiger partial charge in [0, 0.05) is 48.8 Å². The third-order valence-corrected chi connectivity index (χ3v) is 7.61. The van der Waals surface area contributed by atoms with E-state index < -0.39 is 10.8 Å². The summed E-state index contributed by atoms with van der Waals surface area (Å²) in [6.45, 7) is 0. The maximum Gasteiger partial charge on any atom is 0.228 e. The number of nitrogens with one attached hydrogen (secondary N) is 3. The Hall–Kier alpha value is -2.43. The summed E-state index contributed by atoms with van der Waals surface area (Å²) in [4.78, 5) is 37.7. The molecule has 0 saturated heterocycles. The van der Waals surface area contributed by atoms with Crippen LogP contribution >= 0.6 is 47.0 Å². The molecule has 3 aliphatic rings. The Labute approximate surface area is 258 Å². The number of carbonyl (C=O) groups is 3. The van der Waals surface area contributed by atoms with Crippen LogP contribution in [0.4, 0.5) is 17.1 Å². The number of alkyl halides is 1. The summed E-state index contributed by atoms with van der Waals surface area (Å²) in [5, 5.41) is 20.3. The number of fused-ring (bicyclic) bond motifs is 3. The van der Waals surface area contributed by atoms with Crippen LogP contribution < -0.4 is 16.0 Å². The molecule has 3 amide bonds. The van der Waals surface area contributed by atoms with Crippen LogP contribution in [0.5, 0.6) is 0 Å². The number of halogens is 1. The van der Waals surface area contributed by atoms with Gasteiger partial charge in [0.05, 0.1) is 19.3 Å². The largest absolute Gasteiger partial charge is 0.326 e. The highest BCUT2D eigenvalue weighted by atomic mass is 127. The molecule has 1 unspecified atom stereocenters. The van der Waals surface area contributed by atoms with E-state index in [4.69, 9.17) is 10.5 Å². The van der Waals surface area contributed by atoms with E-state index in [0.717, 1.165) is 43.5 Å². The predicted molar refractivity (Wildman–Crippen MR) is 173 cm³/mol. The van der Waals surface area contributed by atoms with Gasteiger partial charge in [-0.15, -0.1) is 24.4 Å². The molecular formula is C27H30IN3O6S3. The van der Waals surface area contributed by atoms with E-state index in [1.165, 1.54) is 4.90 Å². The summed E-state index contributed by atoms with van der Waals surface area (Å²) in [5.74, 6) is 0.177. The van der Waals surface area contributed by atoms with Crippen LogP contribution in [0.15, 0.2) is 69.3 Å². The fourth-order valence-electron chi connectivity index (χ4n) is 3.93. The fraction of sp³-hybridized carbons (Fsp3) is 0.222. The second kappa shape index (κ2) is 16.7. The second-order valence-electron chi connectivity index (χ2n) is 8.31.